The Hall–Kier alpha value is -3.68. The van der Waals surface area contributed by atoms with Crippen LogP contribution in [0, 0.1) is 5.82 Å². The fourth-order valence-electron chi connectivity index (χ4n) is 2.82. The quantitative estimate of drug-likeness (QED) is 0.580. The zero-order valence-corrected chi connectivity index (χ0v) is 14.6. The smallest absolute Gasteiger partial charge is 0.305 e. The van der Waals surface area contributed by atoms with Gasteiger partial charge in [0.25, 0.3) is 11.5 Å². The first kappa shape index (κ1) is 19.1. The molecule has 1 atom stereocenters. The highest BCUT2D eigenvalue weighted by molar-refractivity contribution is 5.91. The first-order valence-electron chi connectivity index (χ1n) is 8.47. The molecule has 1 amide bonds. The monoisotopic (exact) mass is 384 g/mol. The van der Waals surface area contributed by atoms with Crippen molar-refractivity contribution in [2.24, 2.45) is 0 Å². The van der Waals surface area contributed by atoms with Crippen LogP contribution in [0.15, 0.2) is 63.9 Å². The molecule has 2 aromatic carbocycles. The Bertz CT molecular complexity index is 1040. The normalized spacial score (nSPS) is 11.8. The number of H-pyrrole nitrogens is 1. The lowest BCUT2D eigenvalue weighted by atomic mass is 9.99. The van der Waals surface area contributed by atoms with Crippen LogP contribution in [0.2, 0.25) is 0 Å². The summed E-state index contributed by atoms with van der Waals surface area (Å²) >= 11 is 0. The Morgan fingerprint density at radius 1 is 1.11 bits per heavy atom. The maximum Gasteiger partial charge on any atom is 0.305 e. The second kappa shape index (κ2) is 8.34. The average molecular weight is 384 g/mol. The van der Waals surface area contributed by atoms with Crippen LogP contribution in [0.3, 0.4) is 0 Å². The third-order valence-corrected chi connectivity index (χ3v) is 4.10. The van der Waals surface area contributed by atoms with Crippen LogP contribution in [0.25, 0.3) is 11.1 Å². The molecule has 0 aliphatic rings. The van der Waals surface area contributed by atoms with Crippen molar-refractivity contribution in [3.63, 3.8) is 0 Å². The van der Waals surface area contributed by atoms with Gasteiger partial charge in [0.05, 0.1) is 12.5 Å². The highest BCUT2D eigenvalue weighted by atomic mass is 19.1. The van der Waals surface area contributed by atoms with Gasteiger partial charge in [0, 0.05) is 6.04 Å². The summed E-state index contributed by atoms with van der Waals surface area (Å²) in [5, 5.41) is 13.7. The highest BCUT2D eigenvalue weighted by Gasteiger charge is 2.20. The van der Waals surface area contributed by atoms with Crippen molar-refractivity contribution in [2.45, 2.75) is 18.9 Å². The molecule has 0 aliphatic heterocycles. The fourth-order valence-corrected chi connectivity index (χ4v) is 2.82. The van der Waals surface area contributed by atoms with Gasteiger partial charge >= 0.3 is 5.97 Å². The minimum absolute atomic E-state index is 0.221. The summed E-state index contributed by atoms with van der Waals surface area (Å²) in [4.78, 5) is 34.3. The summed E-state index contributed by atoms with van der Waals surface area (Å²) in [6, 6.07) is 13.7. The number of hydrogen-bond donors (Lipinski definition) is 3. The van der Waals surface area contributed by atoms with E-state index < -0.39 is 23.5 Å². The standard InChI is InChI=1S/C20H17FN2O5/c21-15-3-1-2-14(9-15)13-6-4-12(5-7-13)8-16(10-19(25)26)22-20(27)17-11-18(24)23-28-17/h1-7,9,11,16H,8,10H2,(H,22,27)(H,23,24)(H,25,26)/t16-/m1/s1. The molecule has 28 heavy (non-hydrogen) atoms. The number of aliphatic carboxylic acids is 1. The Morgan fingerprint density at radius 2 is 1.86 bits per heavy atom. The molecule has 0 bridgehead atoms. The molecule has 144 valence electrons. The summed E-state index contributed by atoms with van der Waals surface area (Å²) in [5.41, 5.74) is 1.77. The first-order chi connectivity index (χ1) is 13.4. The predicted octanol–water partition coefficient (Wildman–Crippen LogP) is 2.59. The van der Waals surface area contributed by atoms with Gasteiger partial charge < -0.3 is 14.9 Å². The maximum atomic E-state index is 13.4. The van der Waals surface area contributed by atoms with Crippen LogP contribution in [0.4, 0.5) is 4.39 Å². The van der Waals surface area contributed by atoms with Gasteiger partial charge in [-0.3, -0.25) is 14.4 Å². The van der Waals surface area contributed by atoms with Gasteiger partial charge in [0.2, 0.25) is 5.76 Å². The number of nitrogens with one attached hydrogen (secondary N) is 2. The SMILES string of the molecule is O=C(O)C[C@@H](Cc1ccc(-c2cccc(F)c2)cc1)NC(=O)c1cc(=O)[nH]o1. The number of aromatic amines is 1. The lowest BCUT2D eigenvalue weighted by molar-refractivity contribution is -0.137. The number of carboxylic acid groups (broad SMARTS) is 1. The zero-order valence-electron chi connectivity index (χ0n) is 14.6. The number of rotatable bonds is 7. The van der Waals surface area contributed by atoms with Gasteiger partial charge in [-0.15, -0.1) is 0 Å². The second-order valence-electron chi connectivity index (χ2n) is 6.26. The van der Waals surface area contributed by atoms with Crippen LogP contribution >= 0.6 is 0 Å². The molecule has 0 spiro atoms. The molecule has 0 fully saturated rings. The molecule has 7 nitrogen and oxygen atoms in total. The van der Waals surface area contributed by atoms with Gasteiger partial charge in [-0.2, -0.15) is 5.16 Å². The molecule has 0 radical (unpaired) electrons. The van der Waals surface area contributed by atoms with E-state index in [0.717, 1.165) is 22.8 Å². The number of amides is 1. The third-order valence-electron chi connectivity index (χ3n) is 4.10. The molecule has 3 aromatic rings. The topological polar surface area (TPSA) is 112 Å². The third kappa shape index (κ3) is 4.94. The number of halogens is 1. The van der Waals surface area contributed by atoms with Gasteiger partial charge in [-0.1, -0.05) is 36.4 Å². The van der Waals surface area contributed by atoms with Crippen LogP contribution < -0.4 is 10.9 Å². The molecular formula is C20H17FN2O5. The molecule has 0 saturated carbocycles. The van der Waals surface area contributed by atoms with Crippen LogP contribution in [-0.4, -0.2) is 28.2 Å². The lowest BCUT2D eigenvalue weighted by Crippen LogP contribution is -2.38. The number of benzene rings is 2. The van der Waals surface area contributed by atoms with E-state index in [2.05, 4.69) is 5.32 Å². The van der Waals surface area contributed by atoms with Crippen molar-refractivity contribution in [1.82, 2.24) is 10.5 Å². The van der Waals surface area contributed by atoms with Crippen molar-refractivity contribution in [3.8, 4) is 11.1 Å². The van der Waals surface area contributed by atoms with Gasteiger partial charge in [0.1, 0.15) is 5.82 Å². The second-order valence-corrected chi connectivity index (χ2v) is 6.26. The number of hydrogen-bond acceptors (Lipinski definition) is 4. The molecular weight excluding hydrogens is 367 g/mol. The molecule has 1 aromatic heterocycles. The summed E-state index contributed by atoms with van der Waals surface area (Å²) < 4.78 is 18.1. The van der Waals surface area contributed by atoms with Crippen molar-refractivity contribution >= 4 is 11.9 Å². The van der Waals surface area contributed by atoms with Crippen LogP contribution in [0.5, 0.6) is 0 Å². The number of carboxylic acids is 1. The lowest BCUT2D eigenvalue weighted by Gasteiger charge is -2.16. The van der Waals surface area contributed by atoms with Crippen molar-refractivity contribution in [3.05, 3.63) is 82.1 Å². The summed E-state index contributed by atoms with van der Waals surface area (Å²) in [5.74, 6) is -2.30. The molecule has 8 heteroatoms. The summed E-state index contributed by atoms with van der Waals surface area (Å²) in [6.07, 6.45) is -0.0395. The average Bonchev–Trinajstić information content (AvgIpc) is 3.08. The maximum absolute atomic E-state index is 13.4. The zero-order chi connectivity index (χ0) is 20.1. The van der Waals surface area contributed by atoms with Crippen LogP contribution in [-0.2, 0) is 11.2 Å². The minimum atomic E-state index is -1.07. The van der Waals surface area contributed by atoms with E-state index in [9.17, 15) is 18.8 Å². The first-order valence-corrected chi connectivity index (χ1v) is 8.47. The number of carbonyl (C=O) groups is 2. The van der Waals surface area contributed by atoms with Crippen molar-refractivity contribution < 1.29 is 23.6 Å². The van der Waals surface area contributed by atoms with E-state index in [1.54, 1.807) is 36.4 Å². The molecule has 3 rings (SSSR count). The molecule has 1 heterocycles. The van der Waals surface area contributed by atoms with E-state index in [1.165, 1.54) is 12.1 Å². The van der Waals surface area contributed by atoms with E-state index in [1.807, 2.05) is 5.16 Å². The Balaban J connectivity index is 1.72. The number of carbonyl (C=O) groups excluding carboxylic acids is 1. The Kier molecular flexibility index (Phi) is 5.69. The minimum Gasteiger partial charge on any atom is -0.481 e. The van der Waals surface area contributed by atoms with Gasteiger partial charge in [-0.25, -0.2) is 4.39 Å². The molecule has 3 N–H and O–H groups in total. The van der Waals surface area contributed by atoms with Crippen molar-refractivity contribution in [1.29, 1.82) is 0 Å². The van der Waals surface area contributed by atoms with Gasteiger partial charge in [-0.05, 0) is 35.2 Å². The summed E-state index contributed by atoms with van der Waals surface area (Å²) in [7, 11) is 0. The molecule has 0 unspecified atom stereocenters. The Morgan fingerprint density at radius 3 is 2.46 bits per heavy atom. The van der Waals surface area contributed by atoms with E-state index >= 15 is 0 Å². The molecule has 0 aliphatic carbocycles. The van der Waals surface area contributed by atoms with E-state index in [-0.39, 0.29) is 24.4 Å². The molecule has 0 saturated heterocycles. The summed E-state index contributed by atoms with van der Waals surface area (Å²) in [6.45, 7) is 0. The van der Waals surface area contributed by atoms with E-state index in [4.69, 9.17) is 9.63 Å². The van der Waals surface area contributed by atoms with E-state index in [0.29, 0.717) is 0 Å². The Labute approximate surface area is 158 Å². The van der Waals surface area contributed by atoms with Gasteiger partial charge in [0.15, 0.2) is 0 Å². The fraction of sp³-hybridized carbons (Fsp3) is 0.150. The number of aromatic nitrogens is 1. The van der Waals surface area contributed by atoms with Crippen molar-refractivity contribution in [2.75, 3.05) is 0 Å². The predicted molar refractivity (Wildman–Crippen MR) is 98.4 cm³/mol. The largest absolute Gasteiger partial charge is 0.481 e. The highest BCUT2D eigenvalue weighted by Crippen LogP contribution is 2.21. The van der Waals surface area contributed by atoms with Crippen LogP contribution in [0.1, 0.15) is 22.5 Å².